The molecule has 0 N–H and O–H groups in total. The summed E-state index contributed by atoms with van der Waals surface area (Å²) in [5, 5.41) is 0. The molecule has 2 heteroatoms. The highest BCUT2D eigenvalue weighted by atomic mass is 15.4. The highest BCUT2D eigenvalue weighted by Gasteiger charge is 2.56. The molecule has 1 aliphatic heterocycles. The lowest BCUT2D eigenvalue weighted by atomic mass is 9.59. The smallest absolute Gasteiger partial charge is 0.0950 e. The summed E-state index contributed by atoms with van der Waals surface area (Å²) in [5.41, 5.74) is 11.1. The first-order chi connectivity index (χ1) is 18.0. The molecule has 1 saturated carbocycles. The van der Waals surface area contributed by atoms with Crippen LogP contribution in [-0.2, 0) is 10.8 Å². The third-order valence-corrected chi connectivity index (χ3v) is 11.3. The Morgan fingerprint density at radius 1 is 0.711 bits per heavy atom. The molecule has 210 valence electrons. The van der Waals surface area contributed by atoms with Crippen molar-refractivity contribution >= 4 is 17.1 Å². The maximum atomic E-state index is 2.57. The summed E-state index contributed by atoms with van der Waals surface area (Å²) in [4.78, 5) is 5.01. The molecule has 4 aliphatic carbocycles. The second-order valence-corrected chi connectivity index (χ2v) is 13.7. The predicted octanol–water partition coefficient (Wildman–Crippen LogP) is 10.8. The molecule has 38 heavy (non-hydrogen) atoms. The molecule has 5 aliphatic rings. The summed E-state index contributed by atoms with van der Waals surface area (Å²) in [5.74, 6) is 1.59. The topological polar surface area (TPSA) is 6.48 Å². The third kappa shape index (κ3) is 4.29. The minimum absolute atomic E-state index is 0.144. The molecule has 7 rings (SSSR count). The molecule has 1 fully saturated rings. The van der Waals surface area contributed by atoms with Crippen LogP contribution in [0.1, 0.15) is 148 Å². The molecule has 1 heterocycles. The molecule has 0 saturated heterocycles. The molecular formula is C36H56N2. The van der Waals surface area contributed by atoms with Crippen molar-refractivity contribution in [2.45, 2.75) is 137 Å². The third-order valence-electron chi connectivity index (χ3n) is 11.3. The van der Waals surface area contributed by atoms with E-state index in [1.54, 1.807) is 11.1 Å². The lowest BCUT2D eigenvalue weighted by Crippen LogP contribution is -2.42. The molecular weight excluding hydrogens is 460 g/mol. The van der Waals surface area contributed by atoms with Crippen molar-refractivity contribution in [3.63, 3.8) is 0 Å². The Labute approximate surface area is 235 Å². The minimum Gasteiger partial charge on any atom is -0.355 e. The molecule has 0 radical (unpaired) electrons. The van der Waals surface area contributed by atoms with Gasteiger partial charge in [0.05, 0.1) is 18.0 Å². The molecule has 2 nitrogen and oxygen atoms in total. The van der Waals surface area contributed by atoms with Crippen LogP contribution >= 0.6 is 0 Å². The van der Waals surface area contributed by atoms with Crippen molar-refractivity contribution in [1.29, 1.82) is 0 Å². The van der Waals surface area contributed by atoms with Gasteiger partial charge in [0.2, 0.25) is 0 Å². The number of anilines is 3. The van der Waals surface area contributed by atoms with Gasteiger partial charge in [-0.05, 0) is 100 Å². The Hall–Kier alpha value is -1.96. The van der Waals surface area contributed by atoms with Gasteiger partial charge in [-0.15, -0.1) is 0 Å². The van der Waals surface area contributed by atoms with Crippen LogP contribution in [0.4, 0.5) is 17.1 Å². The van der Waals surface area contributed by atoms with Crippen LogP contribution < -0.4 is 9.80 Å². The van der Waals surface area contributed by atoms with E-state index in [0.29, 0.717) is 0 Å². The molecule has 2 aromatic carbocycles. The Morgan fingerprint density at radius 3 is 1.71 bits per heavy atom. The highest BCUT2D eigenvalue weighted by Crippen LogP contribution is 2.62. The number of hydrogen-bond acceptors (Lipinski definition) is 2. The highest BCUT2D eigenvalue weighted by molar-refractivity contribution is 5.84. The van der Waals surface area contributed by atoms with Crippen molar-refractivity contribution in [1.82, 2.24) is 0 Å². The molecule has 0 atom stereocenters. The molecule has 2 bridgehead atoms. The lowest BCUT2D eigenvalue weighted by molar-refractivity contribution is 0.125. The largest absolute Gasteiger partial charge is 0.355 e. The Morgan fingerprint density at radius 2 is 1.21 bits per heavy atom. The Kier molecular flexibility index (Phi) is 8.06. The fraction of sp³-hybridized carbons (Fsp3) is 0.667. The number of nitrogens with zero attached hydrogens (tertiary/aromatic N) is 2. The molecule has 0 aromatic heterocycles. The summed E-state index contributed by atoms with van der Waals surface area (Å²) in [6, 6.07) is 12.4. The zero-order valence-electron chi connectivity index (χ0n) is 26.6. The fourth-order valence-electron chi connectivity index (χ4n) is 7.71. The van der Waals surface area contributed by atoms with E-state index in [-0.39, 0.29) is 16.2 Å². The predicted molar refractivity (Wildman–Crippen MR) is 169 cm³/mol. The van der Waals surface area contributed by atoms with Gasteiger partial charge >= 0.3 is 0 Å². The molecule has 2 aromatic rings. The summed E-state index contributed by atoms with van der Waals surface area (Å²) in [7, 11) is 2.26. The van der Waals surface area contributed by atoms with Gasteiger partial charge in [-0.1, -0.05) is 94.6 Å². The van der Waals surface area contributed by atoms with Crippen LogP contribution in [0, 0.1) is 5.41 Å². The number of unbranched alkanes of at least 4 members (excludes halogenated alkanes) is 2. The van der Waals surface area contributed by atoms with Crippen LogP contribution in [-0.4, -0.2) is 13.7 Å². The van der Waals surface area contributed by atoms with E-state index in [4.69, 9.17) is 0 Å². The van der Waals surface area contributed by atoms with E-state index in [1.165, 1.54) is 73.1 Å². The molecule has 0 spiro atoms. The average molecular weight is 517 g/mol. The van der Waals surface area contributed by atoms with Crippen molar-refractivity contribution in [3.05, 3.63) is 52.6 Å². The first-order valence-corrected chi connectivity index (χ1v) is 15.8. The van der Waals surface area contributed by atoms with Crippen molar-refractivity contribution in [2.75, 3.05) is 23.5 Å². The van der Waals surface area contributed by atoms with Crippen LogP contribution in [0.2, 0.25) is 0 Å². The Balaban J connectivity index is 0.000000434. The molecule has 0 amide bonds. The van der Waals surface area contributed by atoms with E-state index in [0.717, 1.165) is 18.5 Å². The number of benzene rings is 2. The van der Waals surface area contributed by atoms with Crippen LogP contribution in [0.5, 0.6) is 0 Å². The van der Waals surface area contributed by atoms with Gasteiger partial charge in [0, 0.05) is 12.7 Å². The monoisotopic (exact) mass is 516 g/mol. The van der Waals surface area contributed by atoms with E-state index < -0.39 is 0 Å². The second-order valence-electron chi connectivity index (χ2n) is 13.7. The van der Waals surface area contributed by atoms with Gasteiger partial charge in [-0.2, -0.15) is 0 Å². The number of rotatable bonds is 3. The van der Waals surface area contributed by atoms with Gasteiger partial charge in [-0.25, -0.2) is 0 Å². The van der Waals surface area contributed by atoms with E-state index >= 15 is 0 Å². The van der Waals surface area contributed by atoms with Gasteiger partial charge in [0.25, 0.3) is 0 Å². The lowest BCUT2D eigenvalue weighted by Gasteiger charge is -2.44. The van der Waals surface area contributed by atoms with Crippen molar-refractivity contribution in [2.24, 2.45) is 5.41 Å². The zero-order valence-corrected chi connectivity index (χ0v) is 26.6. The van der Waals surface area contributed by atoms with Crippen LogP contribution in [0.15, 0.2) is 30.3 Å². The SMILES string of the molecule is CC.CCCCC.CN1CN(c2ccc3c(c2)C(C)(C)C(C)(C)C3(C)C)c2cc3c(cc21)C1CCC3CC1. The second kappa shape index (κ2) is 10.5. The summed E-state index contributed by atoms with van der Waals surface area (Å²) in [6.07, 6.45) is 9.66. The minimum atomic E-state index is 0.144. The van der Waals surface area contributed by atoms with Crippen LogP contribution in [0.3, 0.4) is 0 Å². The summed E-state index contributed by atoms with van der Waals surface area (Å²) in [6.45, 7) is 24.0. The Bertz CT molecular complexity index is 1130. The van der Waals surface area contributed by atoms with Crippen molar-refractivity contribution < 1.29 is 0 Å². The molecule has 0 unspecified atom stereocenters. The van der Waals surface area contributed by atoms with E-state index in [2.05, 4.69) is 103 Å². The number of hydrogen-bond donors (Lipinski definition) is 0. The first kappa shape index (κ1) is 29.0. The zero-order chi connectivity index (χ0) is 28.0. The van der Waals surface area contributed by atoms with Gasteiger partial charge in [0.1, 0.15) is 0 Å². The maximum absolute atomic E-state index is 2.57. The van der Waals surface area contributed by atoms with Gasteiger partial charge in [0.15, 0.2) is 0 Å². The normalized spacial score (nSPS) is 24.5. The van der Waals surface area contributed by atoms with E-state index in [9.17, 15) is 0 Å². The number of fused-ring (bicyclic) bond motifs is 4. The standard InChI is InChI=1S/C29H38N2.C5H12.C2H6/c1-27(2)23-13-12-20(14-24(23)28(3,4)29(27,5)6)31-17-30(7)25-15-21-18-8-10-19(11-9-18)22(21)16-26(25)31;1-3-5-4-2;1-2/h12-16,18-19H,8-11,17H2,1-7H3;3-5H2,1-2H3;1-2H3. The quantitative estimate of drug-likeness (QED) is 0.400. The summed E-state index contributed by atoms with van der Waals surface area (Å²) < 4.78 is 0. The van der Waals surface area contributed by atoms with Crippen LogP contribution in [0.25, 0.3) is 0 Å². The van der Waals surface area contributed by atoms with E-state index in [1.807, 2.05) is 13.8 Å². The average Bonchev–Trinajstić information content (AvgIpc) is 3.29. The maximum Gasteiger partial charge on any atom is 0.0950 e. The van der Waals surface area contributed by atoms with Gasteiger partial charge < -0.3 is 9.80 Å². The first-order valence-electron chi connectivity index (χ1n) is 15.8. The van der Waals surface area contributed by atoms with Crippen molar-refractivity contribution in [3.8, 4) is 0 Å². The fourth-order valence-corrected chi connectivity index (χ4v) is 7.71. The summed E-state index contributed by atoms with van der Waals surface area (Å²) >= 11 is 0. The van der Waals surface area contributed by atoms with Gasteiger partial charge in [-0.3, -0.25) is 0 Å².